The van der Waals surface area contributed by atoms with E-state index in [2.05, 4.69) is 54.0 Å². The summed E-state index contributed by atoms with van der Waals surface area (Å²) in [6, 6.07) is 7.87. The summed E-state index contributed by atoms with van der Waals surface area (Å²) in [6.45, 7) is 11.3. The molecule has 1 heterocycles. The molecule has 3 N–H and O–H groups in total. The second-order valence-corrected chi connectivity index (χ2v) is 7.95. The highest BCUT2D eigenvalue weighted by Crippen LogP contribution is 2.28. The van der Waals surface area contributed by atoms with E-state index >= 15 is 0 Å². The molecule has 0 radical (unpaired) electrons. The normalized spacial score (nSPS) is 12.7. The van der Waals surface area contributed by atoms with Crippen molar-refractivity contribution < 1.29 is 4.39 Å². The van der Waals surface area contributed by atoms with Crippen LogP contribution < -0.4 is 10.9 Å². The Morgan fingerprint density at radius 2 is 1.93 bits per heavy atom. The number of rotatable bonds is 8. The number of nitrogens with one attached hydrogen (secondary N) is 3. The number of fused-ring (bicyclic) bond motifs is 1. The van der Waals surface area contributed by atoms with E-state index in [-0.39, 0.29) is 11.7 Å². The fourth-order valence-electron chi connectivity index (χ4n) is 3.79. The molecule has 0 fully saturated rings. The van der Waals surface area contributed by atoms with Crippen LogP contribution in [0, 0.1) is 12.7 Å². The Hall–Kier alpha value is -2.40. The minimum Gasteiger partial charge on any atom is -0.321 e. The SMILES string of the molecule is CCCc1cc(C(C)C)c(F)cc1NNCC(C)c1ccc2[nH]ncc2c1C. The molecule has 3 aromatic rings. The lowest BCUT2D eigenvalue weighted by Crippen LogP contribution is -2.27. The average Bonchev–Trinajstić information content (AvgIpc) is 3.13. The molecule has 1 aromatic heterocycles. The maximum atomic E-state index is 14.5. The molecule has 0 saturated heterocycles. The predicted octanol–water partition coefficient (Wildman–Crippen LogP) is 5.81. The molecular weight excluding hydrogens is 351 g/mol. The first kappa shape index (κ1) is 20.3. The number of hydrogen-bond donors (Lipinski definition) is 3. The van der Waals surface area contributed by atoms with Crippen LogP contribution >= 0.6 is 0 Å². The third-order valence-corrected chi connectivity index (χ3v) is 5.46. The minimum atomic E-state index is -0.145. The largest absolute Gasteiger partial charge is 0.321 e. The molecule has 0 saturated carbocycles. The monoisotopic (exact) mass is 382 g/mol. The van der Waals surface area contributed by atoms with Gasteiger partial charge in [0.25, 0.3) is 0 Å². The van der Waals surface area contributed by atoms with E-state index in [1.54, 1.807) is 6.07 Å². The summed E-state index contributed by atoms with van der Waals surface area (Å²) in [4.78, 5) is 0. The van der Waals surface area contributed by atoms with E-state index in [9.17, 15) is 4.39 Å². The van der Waals surface area contributed by atoms with Gasteiger partial charge in [-0.15, -0.1) is 0 Å². The zero-order valence-corrected chi connectivity index (χ0v) is 17.5. The van der Waals surface area contributed by atoms with Gasteiger partial charge in [-0.05, 0) is 59.6 Å². The molecule has 4 nitrogen and oxygen atoms in total. The number of halogens is 1. The Balaban J connectivity index is 1.71. The first-order valence-corrected chi connectivity index (χ1v) is 10.2. The minimum absolute atomic E-state index is 0.145. The molecule has 5 heteroatoms. The molecule has 1 unspecified atom stereocenters. The van der Waals surface area contributed by atoms with Crippen LogP contribution in [0.1, 0.15) is 68.2 Å². The van der Waals surface area contributed by atoms with Gasteiger partial charge in [-0.2, -0.15) is 5.10 Å². The first-order chi connectivity index (χ1) is 13.4. The van der Waals surface area contributed by atoms with Crippen LogP contribution in [-0.4, -0.2) is 16.7 Å². The summed E-state index contributed by atoms with van der Waals surface area (Å²) in [5.74, 6) is 0.341. The third kappa shape index (κ3) is 4.20. The van der Waals surface area contributed by atoms with Crippen LogP contribution in [0.3, 0.4) is 0 Å². The van der Waals surface area contributed by atoms with Crippen molar-refractivity contribution in [2.45, 2.75) is 59.3 Å². The Bertz CT molecular complexity index is 945. The van der Waals surface area contributed by atoms with E-state index < -0.39 is 0 Å². The van der Waals surface area contributed by atoms with Gasteiger partial charge < -0.3 is 5.43 Å². The Morgan fingerprint density at radius 3 is 2.64 bits per heavy atom. The molecule has 0 amide bonds. The fourth-order valence-corrected chi connectivity index (χ4v) is 3.79. The second-order valence-electron chi connectivity index (χ2n) is 7.95. The smallest absolute Gasteiger partial charge is 0.128 e. The molecule has 28 heavy (non-hydrogen) atoms. The summed E-state index contributed by atoms with van der Waals surface area (Å²) < 4.78 is 14.5. The van der Waals surface area contributed by atoms with Crippen LogP contribution in [0.2, 0.25) is 0 Å². The number of aromatic nitrogens is 2. The zero-order valence-electron chi connectivity index (χ0n) is 17.5. The van der Waals surface area contributed by atoms with Crippen molar-refractivity contribution in [3.8, 4) is 0 Å². The number of benzene rings is 2. The summed E-state index contributed by atoms with van der Waals surface area (Å²) in [7, 11) is 0. The summed E-state index contributed by atoms with van der Waals surface area (Å²) in [5, 5.41) is 8.31. The van der Waals surface area contributed by atoms with Gasteiger partial charge in [-0.3, -0.25) is 5.10 Å². The topological polar surface area (TPSA) is 52.7 Å². The molecule has 0 bridgehead atoms. The van der Waals surface area contributed by atoms with Crippen LogP contribution in [0.25, 0.3) is 10.9 Å². The highest BCUT2D eigenvalue weighted by atomic mass is 19.1. The summed E-state index contributed by atoms with van der Waals surface area (Å²) in [5.41, 5.74) is 12.9. The molecule has 0 aliphatic heterocycles. The van der Waals surface area contributed by atoms with Gasteiger partial charge in [0.05, 0.1) is 17.4 Å². The zero-order chi connectivity index (χ0) is 20.3. The number of hydrazine groups is 1. The van der Waals surface area contributed by atoms with Crippen molar-refractivity contribution in [2.75, 3.05) is 12.0 Å². The number of H-pyrrole nitrogens is 1. The summed E-state index contributed by atoms with van der Waals surface area (Å²) in [6.07, 6.45) is 3.83. The molecule has 0 aliphatic rings. The van der Waals surface area contributed by atoms with Gasteiger partial charge >= 0.3 is 0 Å². The van der Waals surface area contributed by atoms with Crippen LogP contribution in [0.15, 0.2) is 30.5 Å². The highest BCUT2D eigenvalue weighted by molar-refractivity contribution is 5.82. The van der Waals surface area contributed by atoms with Crippen molar-refractivity contribution in [3.63, 3.8) is 0 Å². The van der Waals surface area contributed by atoms with E-state index in [0.717, 1.165) is 47.1 Å². The van der Waals surface area contributed by atoms with Gasteiger partial charge in [-0.1, -0.05) is 46.2 Å². The van der Waals surface area contributed by atoms with Crippen molar-refractivity contribution in [3.05, 3.63) is 58.5 Å². The van der Waals surface area contributed by atoms with Crippen molar-refractivity contribution >= 4 is 16.6 Å². The number of anilines is 1. The van der Waals surface area contributed by atoms with Crippen LogP contribution in [0.4, 0.5) is 10.1 Å². The number of hydrogen-bond acceptors (Lipinski definition) is 3. The molecule has 3 rings (SSSR count). The van der Waals surface area contributed by atoms with Crippen molar-refractivity contribution in [1.82, 2.24) is 15.6 Å². The maximum Gasteiger partial charge on any atom is 0.128 e. The number of aromatic amines is 1. The van der Waals surface area contributed by atoms with Gasteiger partial charge in [0.2, 0.25) is 0 Å². The maximum absolute atomic E-state index is 14.5. The standard InChI is InChI=1S/C23H31FN4/c1-6-7-17-10-19(14(2)3)21(24)11-23(17)28-25-12-15(4)18-8-9-22-20(16(18)5)13-26-27-22/h8-11,13-15,25,28H,6-7,12H2,1-5H3,(H,26,27). The van der Waals surface area contributed by atoms with Crippen molar-refractivity contribution in [1.29, 1.82) is 0 Å². The fraction of sp³-hybridized carbons (Fsp3) is 0.435. The Labute approximate surface area is 166 Å². The lowest BCUT2D eigenvalue weighted by molar-refractivity contribution is 0.596. The predicted molar refractivity (Wildman–Crippen MR) is 115 cm³/mol. The van der Waals surface area contributed by atoms with E-state index in [0.29, 0.717) is 5.92 Å². The van der Waals surface area contributed by atoms with Gasteiger partial charge in [0, 0.05) is 11.9 Å². The third-order valence-electron chi connectivity index (χ3n) is 5.46. The molecule has 0 aliphatic carbocycles. The summed E-state index contributed by atoms with van der Waals surface area (Å²) >= 11 is 0. The number of nitrogens with zero attached hydrogens (tertiary/aromatic N) is 1. The van der Waals surface area contributed by atoms with Gasteiger partial charge in [0.1, 0.15) is 5.82 Å². The lowest BCUT2D eigenvalue weighted by Gasteiger charge is -2.19. The Kier molecular flexibility index (Phi) is 6.35. The molecule has 150 valence electrons. The first-order valence-electron chi connectivity index (χ1n) is 10.2. The van der Waals surface area contributed by atoms with E-state index in [4.69, 9.17) is 0 Å². The lowest BCUT2D eigenvalue weighted by atomic mass is 9.94. The van der Waals surface area contributed by atoms with E-state index in [1.165, 1.54) is 11.1 Å². The molecule has 1 atom stereocenters. The van der Waals surface area contributed by atoms with Crippen molar-refractivity contribution in [2.24, 2.45) is 0 Å². The second kappa shape index (κ2) is 8.74. The van der Waals surface area contributed by atoms with Gasteiger partial charge in [0.15, 0.2) is 0 Å². The number of aryl methyl sites for hydroxylation is 2. The Morgan fingerprint density at radius 1 is 1.14 bits per heavy atom. The van der Waals surface area contributed by atoms with Crippen LogP contribution in [-0.2, 0) is 6.42 Å². The van der Waals surface area contributed by atoms with E-state index in [1.807, 2.05) is 26.1 Å². The quantitative estimate of drug-likeness (QED) is 0.431. The van der Waals surface area contributed by atoms with Gasteiger partial charge in [-0.25, -0.2) is 9.82 Å². The molecule has 0 spiro atoms. The molecular formula is C23H31FN4. The van der Waals surface area contributed by atoms with Crippen LogP contribution in [0.5, 0.6) is 0 Å². The molecule has 2 aromatic carbocycles. The highest BCUT2D eigenvalue weighted by Gasteiger charge is 2.14. The average molecular weight is 383 g/mol.